The molecule has 1 aliphatic rings. The maximum atomic E-state index is 6.94. The molecule has 0 saturated carbocycles. The van der Waals surface area contributed by atoms with Gasteiger partial charge in [0.25, 0.3) is 0 Å². The molecular formula is C31H38N2OP2. The molecule has 0 fully saturated rings. The van der Waals surface area contributed by atoms with E-state index in [0.29, 0.717) is 17.3 Å². The highest BCUT2D eigenvalue weighted by atomic mass is 31.1. The Labute approximate surface area is 219 Å². The zero-order valence-corrected chi connectivity index (χ0v) is 25.0. The van der Waals surface area contributed by atoms with Crippen molar-refractivity contribution in [3.63, 3.8) is 0 Å². The van der Waals surface area contributed by atoms with Crippen molar-refractivity contribution in [2.24, 2.45) is 0 Å². The van der Waals surface area contributed by atoms with Gasteiger partial charge in [-0.05, 0) is 46.8 Å². The van der Waals surface area contributed by atoms with Crippen molar-refractivity contribution in [2.75, 3.05) is 6.66 Å². The standard InChI is InChI=1S/C31H38N2OP2/c1-29(2,3)20-14-22-27(25(16-20)35-9)34-28-23(31(22,7)8)15-21(30(4,5)6)17-26(28)36-33-24-13-11-10-12-19(24)18-32-33/h10-18,35-36H,1-9H3. The average molecular weight is 517 g/mol. The molecular weight excluding hydrogens is 478 g/mol. The fourth-order valence-electron chi connectivity index (χ4n) is 4.96. The van der Waals surface area contributed by atoms with Gasteiger partial charge in [0.2, 0.25) is 0 Å². The van der Waals surface area contributed by atoms with Crippen LogP contribution in [0.1, 0.15) is 77.6 Å². The number of hydrogen-bond donors (Lipinski definition) is 0. The second kappa shape index (κ2) is 8.68. The molecule has 0 amide bonds. The summed E-state index contributed by atoms with van der Waals surface area (Å²) in [6.45, 7) is 20.8. The maximum Gasteiger partial charge on any atom is 0.140 e. The fraction of sp³-hybridized carbons (Fsp3) is 0.387. The van der Waals surface area contributed by atoms with Gasteiger partial charge in [-0.2, -0.15) is 5.10 Å². The number of para-hydroxylation sites is 1. The van der Waals surface area contributed by atoms with Crippen LogP contribution >= 0.6 is 17.3 Å². The summed E-state index contributed by atoms with van der Waals surface area (Å²) >= 11 is 0. The van der Waals surface area contributed by atoms with Crippen LogP contribution in [0.4, 0.5) is 0 Å². The summed E-state index contributed by atoms with van der Waals surface area (Å²) in [6, 6.07) is 17.9. The minimum atomic E-state index is -0.175. The van der Waals surface area contributed by atoms with Crippen molar-refractivity contribution < 1.29 is 4.74 Å². The molecule has 188 valence electrons. The van der Waals surface area contributed by atoms with E-state index < -0.39 is 0 Å². The van der Waals surface area contributed by atoms with Gasteiger partial charge in [0.05, 0.1) is 11.7 Å². The van der Waals surface area contributed by atoms with Gasteiger partial charge in [0.15, 0.2) is 0 Å². The van der Waals surface area contributed by atoms with E-state index >= 15 is 0 Å². The summed E-state index contributed by atoms with van der Waals surface area (Å²) < 4.78 is 9.07. The van der Waals surface area contributed by atoms with Gasteiger partial charge in [-0.25, -0.2) is 4.45 Å². The molecule has 0 bridgehead atoms. The Morgan fingerprint density at radius 3 is 1.94 bits per heavy atom. The van der Waals surface area contributed by atoms with Gasteiger partial charge in [-0.3, -0.25) is 0 Å². The number of hydrogen-bond acceptors (Lipinski definition) is 2. The first-order chi connectivity index (χ1) is 16.8. The first-order valence-corrected chi connectivity index (χ1v) is 15.2. The maximum absolute atomic E-state index is 6.94. The Kier molecular flexibility index (Phi) is 6.13. The quantitative estimate of drug-likeness (QED) is 0.260. The molecule has 2 unspecified atom stereocenters. The van der Waals surface area contributed by atoms with Gasteiger partial charge in [-0.1, -0.05) is 94.3 Å². The number of rotatable bonds is 3. The van der Waals surface area contributed by atoms with E-state index in [0.717, 1.165) is 17.0 Å². The third-order valence-electron chi connectivity index (χ3n) is 7.43. The van der Waals surface area contributed by atoms with Crippen molar-refractivity contribution in [1.82, 2.24) is 9.55 Å². The van der Waals surface area contributed by atoms with Crippen molar-refractivity contribution in [2.45, 2.75) is 71.6 Å². The van der Waals surface area contributed by atoms with E-state index in [4.69, 9.17) is 9.84 Å². The predicted octanol–water partition coefficient (Wildman–Crippen LogP) is 7.76. The number of nitrogens with zero attached hydrogens (tertiary/aromatic N) is 2. The van der Waals surface area contributed by atoms with Gasteiger partial charge in [0.1, 0.15) is 11.5 Å². The van der Waals surface area contributed by atoms with Crippen LogP contribution < -0.4 is 15.3 Å². The second-order valence-corrected chi connectivity index (χ2v) is 14.7. The number of fused-ring (bicyclic) bond motifs is 3. The SMILES string of the molecule is CPc1cc(C(C)(C)C)cc2c1Oc1c(Pn3ncc4ccccc43)cc(C(C)(C)C)cc1C2(C)C. The highest BCUT2D eigenvalue weighted by molar-refractivity contribution is 7.46. The van der Waals surface area contributed by atoms with Crippen molar-refractivity contribution in [1.29, 1.82) is 0 Å². The van der Waals surface area contributed by atoms with Gasteiger partial charge < -0.3 is 4.74 Å². The first kappa shape index (κ1) is 25.4. The van der Waals surface area contributed by atoms with Crippen LogP contribution in [0.3, 0.4) is 0 Å². The Bertz CT molecular complexity index is 1470. The van der Waals surface area contributed by atoms with E-state index in [1.807, 2.05) is 6.20 Å². The van der Waals surface area contributed by atoms with Crippen molar-refractivity contribution in [3.05, 3.63) is 77.0 Å². The van der Waals surface area contributed by atoms with Crippen LogP contribution in [0.2, 0.25) is 0 Å². The lowest BCUT2D eigenvalue weighted by atomic mass is 9.72. The predicted molar refractivity (Wildman–Crippen MR) is 159 cm³/mol. The lowest BCUT2D eigenvalue weighted by Crippen LogP contribution is -2.31. The van der Waals surface area contributed by atoms with Crippen LogP contribution in [-0.2, 0) is 16.2 Å². The molecule has 0 N–H and O–H groups in total. The van der Waals surface area contributed by atoms with Crippen LogP contribution in [0.5, 0.6) is 11.5 Å². The average Bonchev–Trinajstić information content (AvgIpc) is 3.20. The molecule has 0 spiro atoms. The Morgan fingerprint density at radius 2 is 1.36 bits per heavy atom. The number of aromatic nitrogens is 2. The minimum absolute atomic E-state index is 0.0278. The summed E-state index contributed by atoms with van der Waals surface area (Å²) in [5.41, 5.74) is 6.39. The van der Waals surface area contributed by atoms with Crippen LogP contribution in [-0.4, -0.2) is 16.2 Å². The fourth-order valence-corrected chi connectivity index (χ4v) is 6.85. The second-order valence-electron chi connectivity index (χ2n) is 12.5. The summed E-state index contributed by atoms with van der Waals surface area (Å²) in [7, 11) is 1.02. The lowest BCUT2D eigenvalue weighted by molar-refractivity contribution is 0.422. The van der Waals surface area contributed by atoms with E-state index in [2.05, 4.69) is 115 Å². The van der Waals surface area contributed by atoms with Gasteiger partial charge in [-0.15, -0.1) is 0 Å². The molecule has 4 aromatic rings. The molecule has 0 radical (unpaired) electrons. The minimum Gasteiger partial charge on any atom is -0.455 e. The third kappa shape index (κ3) is 4.29. The molecule has 1 aliphatic heterocycles. The van der Waals surface area contributed by atoms with Crippen LogP contribution in [0.15, 0.2) is 54.7 Å². The summed E-state index contributed by atoms with van der Waals surface area (Å²) in [4.78, 5) is 0. The molecule has 5 rings (SSSR count). The van der Waals surface area contributed by atoms with E-state index in [1.54, 1.807) is 0 Å². The Hall–Kier alpha value is -2.21. The zero-order chi connectivity index (χ0) is 26.0. The normalized spacial score (nSPS) is 15.6. The third-order valence-corrected chi connectivity index (χ3v) is 9.52. The summed E-state index contributed by atoms with van der Waals surface area (Å²) in [6.07, 6.45) is 1.97. The zero-order valence-electron chi connectivity index (χ0n) is 23.0. The van der Waals surface area contributed by atoms with E-state index in [-0.39, 0.29) is 16.2 Å². The molecule has 36 heavy (non-hydrogen) atoms. The largest absolute Gasteiger partial charge is 0.455 e. The molecule has 2 atom stereocenters. The van der Waals surface area contributed by atoms with E-state index in [9.17, 15) is 0 Å². The molecule has 3 nitrogen and oxygen atoms in total. The molecule has 1 aromatic heterocycles. The summed E-state index contributed by atoms with van der Waals surface area (Å²) in [5, 5.41) is 8.46. The smallest absolute Gasteiger partial charge is 0.140 e. The topological polar surface area (TPSA) is 27.1 Å². The van der Waals surface area contributed by atoms with Crippen molar-refractivity contribution in [3.8, 4) is 11.5 Å². The molecule has 3 aromatic carbocycles. The van der Waals surface area contributed by atoms with Gasteiger partial charge in [0, 0.05) is 41.3 Å². The number of benzene rings is 3. The molecule has 2 heterocycles. The Morgan fingerprint density at radius 1 is 0.806 bits per heavy atom. The monoisotopic (exact) mass is 516 g/mol. The molecule has 0 aliphatic carbocycles. The molecule has 0 saturated heterocycles. The Balaban J connectivity index is 1.74. The highest BCUT2D eigenvalue weighted by Crippen LogP contribution is 2.50. The van der Waals surface area contributed by atoms with Crippen LogP contribution in [0, 0.1) is 0 Å². The summed E-state index contributed by atoms with van der Waals surface area (Å²) in [5.74, 6) is 2.07. The molecule has 5 heteroatoms. The van der Waals surface area contributed by atoms with Gasteiger partial charge >= 0.3 is 0 Å². The highest BCUT2D eigenvalue weighted by Gasteiger charge is 2.39. The number of ether oxygens (including phenoxy) is 1. The van der Waals surface area contributed by atoms with Crippen LogP contribution in [0.25, 0.3) is 10.9 Å². The van der Waals surface area contributed by atoms with Crippen molar-refractivity contribution >= 4 is 38.8 Å². The van der Waals surface area contributed by atoms with E-state index in [1.165, 1.54) is 38.2 Å². The lowest BCUT2D eigenvalue weighted by Gasteiger charge is -2.39. The first-order valence-electron chi connectivity index (χ1n) is 12.7.